The number of ether oxygens (including phenoxy) is 3. The van der Waals surface area contributed by atoms with Crippen molar-refractivity contribution >= 4 is 11.6 Å². The minimum atomic E-state index is -1.86. The van der Waals surface area contributed by atoms with Gasteiger partial charge in [-0.3, -0.25) is 5.26 Å². The third-order valence-electron chi connectivity index (χ3n) is 6.01. The van der Waals surface area contributed by atoms with Gasteiger partial charge in [0.2, 0.25) is 5.79 Å². The van der Waals surface area contributed by atoms with Crippen LogP contribution >= 0.6 is 11.6 Å². The summed E-state index contributed by atoms with van der Waals surface area (Å²) in [7, 11) is 0. The topological polar surface area (TPSA) is 138 Å². The summed E-state index contributed by atoms with van der Waals surface area (Å²) in [4.78, 5) is 4.73. The Morgan fingerprint density at radius 3 is 2.47 bits per heavy atom. The average Bonchev–Trinajstić information content (AvgIpc) is 3.19. The standard InChI is InChI=1S/C22H25ClO9/c1-2-29-14-6-3-12(4-7-14)18(31-28)15-9-13(5-8-16(15)23)22-20(27)17(25)19(26)21(10-24,32-22)11-30-22/h3-9,17-20,24-28H,2,10-11H2,1H3/t17-,18?,19-,20+,21-,22-/m0/s1. The van der Waals surface area contributed by atoms with E-state index in [9.17, 15) is 25.7 Å². The Morgan fingerprint density at radius 1 is 1.12 bits per heavy atom. The van der Waals surface area contributed by atoms with Crippen LogP contribution in [0.25, 0.3) is 0 Å². The maximum Gasteiger partial charge on any atom is 0.225 e. The molecule has 0 radical (unpaired) electrons. The van der Waals surface area contributed by atoms with Gasteiger partial charge < -0.3 is 34.6 Å². The second-order valence-corrected chi connectivity index (χ2v) is 8.29. The van der Waals surface area contributed by atoms with E-state index in [-0.39, 0.29) is 17.2 Å². The number of aliphatic hydroxyl groups excluding tert-OH is 4. The number of aliphatic hydroxyl groups is 4. The summed E-state index contributed by atoms with van der Waals surface area (Å²) in [5.74, 6) is -1.21. The van der Waals surface area contributed by atoms with E-state index in [0.29, 0.717) is 23.5 Å². The van der Waals surface area contributed by atoms with Crippen LogP contribution in [0.1, 0.15) is 29.7 Å². The molecule has 2 heterocycles. The highest BCUT2D eigenvalue weighted by Crippen LogP contribution is 2.50. The molecule has 2 aromatic carbocycles. The summed E-state index contributed by atoms with van der Waals surface area (Å²) < 4.78 is 17.0. The van der Waals surface area contributed by atoms with Crippen LogP contribution in [0.4, 0.5) is 0 Å². The Balaban J connectivity index is 1.74. The number of fused-ring (bicyclic) bond motifs is 2. The smallest absolute Gasteiger partial charge is 0.225 e. The molecule has 0 spiro atoms. The molecule has 2 fully saturated rings. The molecule has 2 bridgehead atoms. The molecular weight excluding hydrogens is 444 g/mol. The van der Waals surface area contributed by atoms with Crippen LogP contribution < -0.4 is 4.74 Å². The molecule has 6 atom stereocenters. The largest absolute Gasteiger partial charge is 0.494 e. The monoisotopic (exact) mass is 468 g/mol. The van der Waals surface area contributed by atoms with E-state index in [1.165, 1.54) is 18.2 Å². The van der Waals surface area contributed by atoms with Gasteiger partial charge in [-0.15, -0.1) is 0 Å². The third-order valence-corrected chi connectivity index (χ3v) is 6.35. The minimum Gasteiger partial charge on any atom is -0.494 e. The fraction of sp³-hybridized carbons (Fsp3) is 0.455. The Bertz CT molecular complexity index is 955. The van der Waals surface area contributed by atoms with Gasteiger partial charge in [0.1, 0.15) is 35.8 Å². The molecule has 4 rings (SSSR count). The molecule has 10 heteroatoms. The molecule has 1 unspecified atom stereocenters. The van der Waals surface area contributed by atoms with Gasteiger partial charge in [-0.2, -0.15) is 0 Å². The van der Waals surface area contributed by atoms with Gasteiger partial charge in [0.25, 0.3) is 0 Å². The molecule has 0 aromatic heterocycles. The molecule has 2 aliphatic heterocycles. The van der Waals surface area contributed by atoms with Crippen molar-refractivity contribution in [1.82, 2.24) is 0 Å². The lowest BCUT2D eigenvalue weighted by atomic mass is 9.83. The maximum atomic E-state index is 10.7. The van der Waals surface area contributed by atoms with Gasteiger partial charge in [0.15, 0.2) is 0 Å². The summed E-state index contributed by atoms with van der Waals surface area (Å²) in [5.41, 5.74) is -0.420. The highest BCUT2D eigenvalue weighted by atomic mass is 35.5. The number of hydrogen-bond donors (Lipinski definition) is 5. The van der Waals surface area contributed by atoms with E-state index < -0.39 is 42.4 Å². The SMILES string of the molecule is CCOc1ccc(C(OO)c2cc([C@]34OC[C@](CO)(O3)[C@@H](O)[C@H](O)[C@H]4O)ccc2Cl)cc1. The molecule has 0 saturated carbocycles. The zero-order valence-corrected chi connectivity index (χ0v) is 18.0. The van der Waals surface area contributed by atoms with Crippen molar-refractivity contribution < 1.29 is 44.8 Å². The molecule has 2 saturated heterocycles. The van der Waals surface area contributed by atoms with E-state index in [1.54, 1.807) is 24.3 Å². The lowest BCUT2D eigenvalue weighted by molar-refractivity contribution is -0.329. The van der Waals surface area contributed by atoms with Crippen molar-refractivity contribution in [3.8, 4) is 5.75 Å². The van der Waals surface area contributed by atoms with Gasteiger partial charge in [0.05, 0.1) is 19.8 Å². The average molecular weight is 469 g/mol. The van der Waals surface area contributed by atoms with E-state index >= 15 is 0 Å². The van der Waals surface area contributed by atoms with Crippen molar-refractivity contribution in [3.05, 3.63) is 64.2 Å². The first kappa shape index (κ1) is 23.4. The zero-order chi connectivity index (χ0) is 23.1. The molecule has 0 aliphatic carbocycles. The molecule has 2 aromatic rings. The van der Waals surface area contributed by atoms with Crippen molar-refractivity contribution in [1.29, 1.82) is 0 Å². The van der Waals surface area contributed by atoms with Crippen LogP contribution in [0.5, 0.6) is 5.75 Å². The highest BCUT2D eigenvalue weighted by molar-refractivity contribution is 6.31. The normalized spacial score (nSPS) is 32.7. The van der Waals surface area contributed by atoms with Crippen LogP contribution in [0.3, 0.4) is 0 Å². The van der Waals surface area contributed by atoms with E-state index in [1.807, 2.05) is 6.92 Å². The second kappa shape index (κ2) is 8.86. The van der Waals surface area contributed by atoms with Crippen molar-refractivity contribution in [2.24, 2.45) is 0 Å². The summed E-state index contributed by atoms with van der Waals surface area (Å²) in [5, 5.41) is 51.2. The summed E-state index contributed by atoms with van der Waals surface area (Å²) in [6.07, 6.45) is -5.83. The van der Waals surface area contributed by atoms with Gasteiger partial charge in [-0.05, 0) is 36.8 Å². The van der Waals surface area contributed by atoms with Gasteiger partial charge in [-0.1, -0.05) is 29.8 Å². The Labute approximate surface area is 189 Å². The fourth-order valence-corrected chi connectivity index (χ4v) is 4.46. The molecular formula is C22H25ClO9. The molecule has 5 N–H and O–H groups in total. The molecule has 9 nitrogen and oxygen atoms in total. The van der Waals surface area contributed by atoms with E-state index in [0.717, 1.165) is 0 Å². The lowest BCUT2D eigenvalue weighted by Crippen LogP contribution is -2.65. The zero-order valence-electron chi connectivity index (χ0n) is 17.2. The maximum absolute atomic E-state index is 10.7. The van der Waals surface area contributed by atoms with Gasteiger partial charge in [0, 0.05) is 16.1 Å². The van der Waals surface area contributed by atoms with Crippen molar-refractivity contribution in [3.63, 3.8) is 0 Å². The van der Waals surface area contributed by atoms with Gasteiger partial charge in [-0.25, -0.2) is 4.89 Å². The van der Waals surface area contributed by atoms with Crippen LogP contribution in [0.15, 0.2) is 42.5 Å². The predicted octanol–water partition coefficient (Wildman–Crippen LogP) is 1.34. The first-order chi connectivity index (χ1) is 15.3. The van der Waals surface area contributed by atoms with Crippen LogP contribution in [0, 0.1) is 0 Å². The summed E-state index contributed by atoms with van der Waals surface area (Å²) in [6.45, 7) is 1.49. The number of rotatable bonds is 7. The number of halogens is 1. The quantitative estimate of drug-likeness (QED) is 0.301. The third kappa shape index (κ3) is 3.60. The summed E-state index contributed by atoms with van der Waals surface area (Å²) in [6, 6.07) is 11.4. The minimum absolute atomic E-state index is 0.254. The summed E-state index contributed by atoms with van der Waals surface area (Å²) >= 11 is 6.39. The number of benzene rings is 2. The van der Waals surface area contributed by atoms with Crippen molar-refractivity contribution in [2.45, 2.75) is 42.7 Å². The van der Waals surface area contributed by atoms with Crippen LogP contribution in [0.2, 0.25) is 5.02 Å². The van der Waals surface area contributed by atoms with Crippen molar-refractivity contribution in [2.75, 3.05) is 19.8 Å². The Morgan fingerprint density at radius 2 is 1.84 bits per heavy atom. The highest BCUT2D eigenvalue weighted by Gasteiger charge is 2.67. The van der Waals surface area contributed by atoms with E-state index in [2.05, 4.69) is 0 Å². The number of hydrogen-bond acceptors (Lipinski definition) is 9. The predicted molar refractivity (Wildman–Crippen MR) is 111 cm³/mol. The van der Waals surface area contributed by atoms with E-state index in [4.69, 9.17) is 30.7 Å². The first-order valence-electron chi connectivity index (χ1n) is 10.1. The second-order valence-electron chi connectivity index (χ2n) is 7.89. The lowest BCUT2D eigenvalue weighted by Gasteiger charge is -2.46. The molecule has 0 amide bonds. The Kier molecular flexibility index (Phi) is 6.47. The molecule has 2 aliphatic rings. The molecule has 174 valence electrons. The Hall–Kier alpha value is -1.79. The van der Waals surface area contributed by atoms with Gasteiger partial charge >= 0.3 is 0 Å². The van der Waals surface area contributed by atoms with Crippen LogP contribution in [-0.2, 0) is 20.1 Å². The first-order valence-corrected chi connectivity index (χ1v) is 10.5. The molecule has 32 heavy (non-hydrogen) atoms. The van der Waals surface area contributed by atoms with Crippen LogP contribution in [-0.4, -0.2) is 69.4 Å². The fourth-order valence-electron chi connectivity index (χ4n) is 4.24.